The topological polar surface area (TPSA) is 72.0 Å². The van der Waals surface area contributed by atoms with Crippen LogP contribution < -0.4 is 9.47 Å². The number of hydrogen-bond donors (Lipinski definition) is 0. The summed E-state index contributed by atoms with van der Waals surface area (Å²) in [6, 6.07) is 8.06. The van der Waals surface area contributed by atoms with Gasteiger partial charge in [0, 0.05) is 50.7 Å². The predicted molar refractivity (Wildman–Crippen MR) is 107 cm³/mol. The summed E-state index contributed by atoms with van der Waals surface area (Å²) in [5.41, 5.74) is 3.16. The fourth-order valence-electron chi connectivity index (χ4n) is 3.72. The number of aromatic nitrogens is 1. The van der Waals surface area contributed by atoms with Gasteiger partial charge in [-0.2, -0.15) is 4.31 Å². The van der Waals surface area contributed by atoms with E-state index in [0.29, 0.717) is 19.5 Å². The van der Waals surface area contributed by atoms with Gasteiger partial charge in [0.05, 0.1) is 5.75 Å². The van der Waals surface area contributed by atoms with Gasteiger partial charge in [-0.15, -0.1) is 0 Å². The van der Waals surface area contributed by atoms with Crippen LogP contribution in [-0.4, -0.2) is 61.3 Å². The van der Waals surface area contributed by atoms with Crippen LogP contribution in [0.25, 0.3) is 11.1 Å². The highest BCUT2D eigenvalue weighted by atomic mass is 32.2. The fourth-order valence-corrected chi connectivity index (χ4v) is 5.21. The number of hydrogen-bond acceptors (Lipinski definition) is 6. The van der Waals surface area contributed by atoms with Gasteiger partial charge in [-0.25, -0.2) is 8.42 Å². The second-order valence-corrected chi connectivity index (χ2v) is 9.19. The Morgan fingerprint density at radius 3 is 2.54 bits per heavy atom. The minimum Gasteiger partial charge on any atom is -0.454 e. The van der Waals surface area contributed by atoms with Gasteiger partial charge in [-0.1, -0.05) is 6.92 Å². The van der Waals surface area contributed by atoms with Crippen molar-refractivity contribution in [2.45, 2.75) is 19.9 Å². The Labute approximate surface area is 165 Å². The van der Waals surface area contributed by atoms with Crippen LogP contribution in [0.1, 0.15) is 18.9 Å². The number of rotatable bonds is 6. The number of benzene rings is 1. The average Bonchev–Trinajstić information content (AvgIpc) is 3.17. The normalized spacial score (nSPS) is 17.8. The molecule has 4 rings (SSSR count). The summed E-state index contributed by atoms with van der Waals surface area (Å²) in [5, 5.41) is 0. The highest BCUT2D eigenvalue weighted by Crippen LogP contribution is 2.42. The second kappa shape index (κ2) is 8.06. The van der Waals surface area contributed by atoms with Crippen LogP contribution in [0.15, 0.2) is 36.7 Å². The minimum absolute atomic E-state index is 0.227. The van der Waals surface area contributed by atoms with E-state index in [2.05, 4.69) is 16.0 Å². The molecule has 0 bridgehead atoms. The third-order valence-electron chi connectivity index (χ3n) is 5.12. The molecule has 0 saturated carbocycles. The largest absolute Gasteiger partial charge is 0.454 e. The van der Waals surface area contributed by atoms with Crippen LogP contribution in [0.4, 0.5) is 0 Å². The Balaban J connectivity index is 1.49. The Kier molecular flexibility index (Phi) is 5.52. The Hall–Kier alpha value is -2.16. The van der Waals surface area contributed by atoms with Gasteiger partial charge in [-0.05, 0) is 41.8 Å². The van der Waals surface area contributed by atoms with Crippen molar-refractivity contribution in [1.82, 2.24) is 14.2 Å². The van der Waals surface area contributed by atoms with E-state index in [0.717, 1.165) is 47.8 Å². The van der Waals surface area contributed by atoms with E-state index >= 15 is 0 Å². The van der Waals surface area contributed by atoms with Crippen molar-refractivity contribution < 1.29 is 17.9 Å². The maximum absolute atomic E-state index is 12.3. The molecule has 1 fully saturated rings. The van der Waals surface area contributed by atoms with Crippen molar-refractivity contribution in [2.75, 3.05) is 38.7 Å². The SMILES string of the molecule is CCCS(=O)(=O)N1CCN(Cc2cc3c(c(-c4ccncc4)c2)OCO3)CC1. The molecule has 0 atom stereocenters. The molecule has 8 heteroatoms. The molecule has 0 spiro atoms. The Morgan fingerprint density at radius 2 is 1.82 bits per heavy atom. The second-order valence-electron chi connectivity index (χ2n) is 7.10. The zero-order valence-corrected chi connectivity index (χ0v) is 16.8. The van der Waals surface area contributed by atoms with Crippen LogP contribution in [-0.2, 0) is 16.6 Å². The number of pyridine rings is 1. The summed E-state index contributed by atoms with van der Waals surface area (Å²) in [5.74, 6) is 1.75. The van der Waals surface area contributed by atoms with Gasteiger partial charge >= 0.3 is 0 Å². The average molecular weight is 404 g/mol. The van der Waals surface area contributed by atoms with E-state index in [4.69, 9.17) is 9.47 Å². The molecule has 0 N–H and O–H groups in total. The third-order valence-corrected chi connectivity index (χ3v) is 7.19. The van der Waals surface area contributed by atoms with Gasteiger partial charge in [0.2, 0.25) is 16.8 Å². The van der Waals surface area contributed by atoms with Crippen molar-refractivity contribution in [3.8, 4) is 22.6 Å². The highest BCUT2D eigenvalue weighted by Gasteiger charge is 2.27. The standard InChI is InChI=1S/C20H25N3O4S/c1-2-11-28(24,25)23-9-7-22(8-10-23)14-16-12-18(17-3-5-21-6-4-17)20-19(13-16)26-15-27-20/h3-6,12-13H,2,7-11,14-15H2,1H3. The van der Waals surface area contributed by atoms with Gasteiger partial charge in [0.25, 0.3) is 0 Å². The van der Waals surface area contributed by atoms with E-state index in [1.165, 1.54) is 0 Å². The van der Waals surface area contributed by atoms with E-state index in [-0.39, 0.29) is 12.5 Å². The molecule has 0 amide bonds. The molecule has 0 unspecified atom stereocenters. The fraction of sp³-hybridized carbons (Fsp3) is 0.450. The number of ether oxygens (including phenoxy) is 2. The molecule has 1 aromatic carbocycles. The predicted octanol–water partition coefficient (Wildman–Crippen LogP) is 2.33. The number of nitrogens with zero attached hydrogens (tertiary/aromatic N) is 3. The van der Waals surface area contributed by atoms with E-state index in [9.17, 15) is 8.42 Å². The van der Waals surface area contributed by atoms with Gasteiger partial charge in [0.1, 0.15) is 0 Å². The van der Waals surface area contributed by atoms with Crippen molar-refractivity contribution in [3.63, 3.8) is 0 Å². The lowest BCUT2D eigenvalue weighted by molar-refractivity contribution is 0.173. The number of fused-ring (bicyclic) bond motifs is 1. The van der Waals surface area contributed by atoms with Crippen LogP contribution in [0, 0.1) is 0 Å². The first-order valence-electron chi connectivity index (χ1n) is 9.60. The minimum atomic E-state index is -3.12. The number of piperazine rings is 1. The summed E-state index contributed by atoms with van der Waals surface area (Å²) >= 11 is 0. The first-order valence-corrected chi connectivity index (χ1v) is 11.2. The zero-order chi connectivity index (χ0) is 19.6. The third kappa shape index (κ3) is 3.99. The van der Waals surface area contributed by atoms with Gasteiger partial charge in [0.15, 0.2) is 11.5 Å². The van der Waals surface area contributed by atoms with Crippen LogP contribution in [0.2, 0.25) is 0 Å². The molecular formula is C20H25N3O4S. The van der Waals surface area contributed by atoms with E-state index < -0.39 is 10.0 Å². The number of sulfonamides is 1. The Morgan fingerprint density at radius 1 is 1.07 bits per heavy atom. The molecule has 0 aliphatic carbocycles. The lowest BCUT2D eigenvalue weighted by Gasteiger charge is -2.34. The summed E-state index contributed by atoms with van der Waals surface area (Å²) < 4.78 is 37.4. The lowest BCUT2D eigenvalue weighted by atomic mass is 10.0. The monoisotopic (exact) mass is 403 g/mol. The van der Waals surface area contributed by atoms with Crippen molar-refractivity contribution in [2.24, 2.45) is 0 Å². The molecular weight excluding hydrogens is 378 g/mol. The summed E-state index contributed by atoms with van der Waals surface area (Å²) in [4.78, 5) is 6.37. The van der Waals surface area contributed by atoms with Crippen LogP contribution >= 0.6 is 0 Å². The summed E-state index contributed by atoms with van der Waals surface area (Å²) in [6.45, 7) is 5.41. The molecule has 2 aromatic rings. The van der Waals surface area contributed by atoms with E-state index in [1.54, 1.807) is 16.7 Å². The van der Waals surface area contributed by atoms with E-state index in [1.807, 2.05) is 25.1 Å². The first-order chi connectivity index (χ1) is 13.6. The zero-order valence-electron chi connectivity index (χ0n) is 16.0. The van der Waals surface area contributed by atoms with Gasteiger partial charge < -0.3 is 9.47 Å². The maximum atomic E-state index is 12.3. The van der Waals surface area contributed by atoms with Crippen molar-refractivity contribution in [1.29, 1.82) is 0 Å². The first kappa shape index (κ1) is 19.2. The van der Waals surface area contributed by atoms with Crippen molar-refractivity contribution in [3.05, 3.63) is 42.2 Å². The lowest BCUT2D eigenvalue weighted by Crippen LogP contribution is -2.48. The quantitative estimate of drug-likeness (QED) is 0.737. The van der Waals surface area contributed by atoms with Crippen LogP contribution in [0.3, 0.4) is 0 Å². The van der Waals surface area contributed by atoms with Crippen molar-refractivity contribution >= 4 is 10.0 Å². The molecule has 2 aliphatic heterocycles. The molecule has 2 aliphatic rings. The molecule has 150 valence electrons. The van der Waals surface area contributed by atoms with Gasteiger partial charge in [-0.3, -0.25) is 9.88 Å². The van der Waals surface area contributed by atoms with Crippen LogP contribution in [0.5, 0.6) is 11.5 Å². The summed E-state index contributed by atoms with van der Waals surface area (Å²) in [6.07, 6.45) is 4.18. The summed E-state index contributed by atoms with van der Waals surface area (Å²) in [7, 11) is -3.12. The Bertz CT molecular complexity index is 926. The molecule has 1 saturated heterocycles. The highest BCUT2D eigenvalue weighted by molar-refractivity contribution is 7.89. The molecule has 28 heavy (non-hydrogen) atoms. The molecule has 0 radical (unpaired) electrons. The smallest absolute Gasteiger partial charge is 0.231 e. The molecule has 3 heterocycles. The molecule has 1 aromatic heterocycles. The maximum Gasteiger partial charge on any atom is 0.231 e. The molecule has 7 nitrogen and oxygen atoms in total.